The number of pyridine rings is 1. The van der Waals surface area contributed by atoms with Crippen molar-refractivity contribution in [2.24, 2.45) is 0 Å². The summed E-state index contributed by atoms with van der Waals surface area (Å²) in [5.41, 5.74) is 1.62. The van der Waals surface area contributed by atoms with Gasteiger partial charge in [0.15, 0.2) is 0 Å². The van der Waals surface area contributed by atoms with E-state index in [0.29, 0.717) is 13.2 Å². The predicted molar refractivity (Wildman–Crippen MR) is 55.1 cm³/mol. The summed E-state index contributed by atoms with van der Waals surface area (Å²) in [4.78, 5) is 4.20. The molecule has 0 amide bonds. The summed E-state index contributed by atoms with van der Waals surface area (Å²) in [6, 6.07) is 5.71. The molecule has 2 rings (SSSR count). The van der Waals surface area contributed by atoms with Crippen LogP contribution in [-0.4, -0.2) is 33.7 Å². The minimum atomic E-state index is 0.630. The maximum Gasteiger partial charge on any atom is 0.131 e. The molecular formula is C10H12N4O. The molecule has 0 saturated heterocycles. The molecule has 0 atom stereocenters. The van der Waals surface area contributed by atoms with Crippen LogP contribution in [0.4, 0.5) is 0 Å². The minimum Gasteiger partial charge on any atom is -0.383 e. The van der Waals surface area contributed by atoms with E-state index in [0.717, 1.165) is 11.4 Å². The van der Waals surface area contributed by atoms with E-state index in [4.69, 9.17) is 4.74 Å². The molecule has 0 radical (unpaired) electrons. The van der Waals surface area contributed by atoms with Crippen molar-refractivity contribution in [1.29, 1.82) is 0 Å². The van der Waals surface area contributed by atoms with E-state index >= 15 is 0 Å². The summed E-state index contributed by atoms with van der Waals surface area (Å²) in [6.45, 7) is 1.33. The molecule has 0 aliphatic heterocycles. The molecule has 0 bridgehead atoms. The number of hydrogen-bond acceptors (Lipinski definition) is 4. The number of methoxy groups -OCH3 is 1. The van der Waals surface area contributed by atoms with Crippen LogP contribution in [0.25, 0.3) is 11.4 Å². The molecular weight excluding hydrogens is 192 g/mol. The van der Waals surface area contributed by atoms with Crippen molar-refractivity contribution in [3.8, 4) is 11.4 Å². The summed E-state index contributed by atoms with van der Waals surface area (Å²) in [7, 11) is 1.66. The molecule has 0 aliphatic rings. The first-order valence-electron chi connectivity index (χ1n) is 4.70. The largest absolute Gasteiger partial charge is 0.383 e. The van der Waals surface area contributed by atoms with Gasteiger partial charge in [-0.25, -0.2) is 4.68 Å². The van der Waals surface area contributed by atoms with Crippen molar-refractivity contribution in [1.82, 2.24) is 20.0 Å². The standard InChI is InChI=1S/C10H12N4O/c1-15-7-6-14-8-10(12-13-14)9-4-2-3-5-11-9/h2-5,8H,6-7H2,1H3. The number of ether oxygens (including phenoxy) is 1. The smallest absolute Gasteiger partial charge is 0.131 e. The molecule has 0 unspecified atom stereocenters. The quantitative estimate of drug-likeness (QED) is 0.745. The van der Waals surface area contributed by atoms with Crippen LogP contribution in [0.3, 0.4) is 0 Å². The van der Waals surface area contributed by atoms with Crippen molar-refractivity contribution >= 4 is 0 Å². The van der Waals surface area contributed by atoms with Crippen molar-refractivity contribution in [2.75, 3.05) is 13.7 Å². The first kappa shape index (κ1) is 9.79. The maximum atomic E-state index is 4.96. The highest BCUT2D eigenvalue weighted by molar-refractivity contribution is 5.51. The van der Waals surface area contributed by atoms with E-state index in [1.54, 1.807) is 18.0 Å². The lowest BCUT2D eigenvalue weighted by Gasteiger charge is -1.96. The molecule has 0 fully saturated rings. The van der Waals surface area contributed by atoms with Gasteiger partial charge in [-0.2, -0.15) is 0 Å². The Morgan fingerprint density at radius 1 is 1.33 bits per heavy atom. The Labute approximate surface area is 87.7 Å². The summed E-state index contributed by atoms with van der Waals surface area (Å²) in [5, 5.41) is 8.01. The monoisotopic (exact) mass is 204 g/mol. The maximum absolute atomic E-state index is 4.96. The molecule has 0 aromatic carbocycles. The third-order valence-electron chi connectivity index (χ3n) is 1.99. The number of nitrogens with zero attached hydrogens (tertiary/aromatic N) is 4. The molecule has 2 aromatic heterocycles. The number of rotatable bonds is 4. The van der Waals surface area contributed by atoms with Crippen LogP contribution in [0.15, 0.2) is 30.6 Å². The molecule has 2 aromatic rings. The molecule has 0 saturated carbocycles. The van der Waals surface area contributed by atoms with Crippen molar-refractivity contribution in [3.05, 3.63) is 30.6 Å². The lowest BCUT2D eigenvalue weighted by Crippen LogP contribution is -2.04. The van der Waals surface area contributed by atoms with Gasteiger partial charge in [0.05, 0.1) is 25.0 Å². The molecule has 2 heterocycles. The Bertz CT molecular complexity index is 412. The van der Waals surface area contributed by atoms with Crippen LogP contribution in [0.2, 0.25) is 0 Å². The van der Waals surface area contributed by atoms with Gasteiger partial charge in [0.1, 0.15) is 5.69 Å². The Morgan fingerprint density at radius 3 is 3.00 bits per heavy atom. The third kappa shape index (κ3) is 2.38. The van der Waals surface area contributed by atoms with Crippen LogP contribution in [0, 0.1) is 0 Å². The summed E-state index contributed by atoms with van der Waals surface area (Å²) in [5.74, 6) is 0. The molecule has 0 spiro atoms. The molecule has 5 heteroatoms. The number of aromatic nitrogens is 4. The lowest BCUT2D eigenvalue weighted by molar-refractivity contribution is 0.183. The summed E-state index contributed by atoms with van der Waals surface area (Å²) in [6.07, 6.45) is 3.60. The van der Waals surface area contributed by atoms with Crippen molar-refractivity contribution < 1.29 is 4.74 Å². The molecule has 15 heavy (non-hydrogen) atoms. The highest BCUT2D eigenvalue weighted by Gasteiger charge is 2.03. The molecule has 0 aliphatic carbocycles. The van der Waals surface area contributed by atoms with Crippen LogP contribution < -0.4 is 0 Å². The first-order chi connectivity index (χ1) is 7.40. The second-order valence-electron chi connectivity index (χ2n) is 3.07. The topological polar surface area (TPSA) is 52.8 Å². The highest BCUT2D eigenvalue weighted by atomic mass is 16.5. The number of hydrogen-bond donors (Lipinski definition) is 0. The van der Waals surface area contributed by atoms with Gasteiger partial charge < -0.3 is 4.74 Å². The van der Waals surface area contributed by atoms with E-state index in [9.17, 15) is 0 Å². The van der Waals surface area contributed by atoms with Crippen molar-refractivity contribution in [3.63, 3.8) is 0 Å². The van der Waals surface area contributed by atoms with Gasteiger partial charge >= 0.3 is 0 Å². The van der Waals surface area contributed by atoms with Crippen LogP contribution in [0.1, 0.15) is 0 Å². The zero-order valence-corrected chi connectivity index (χ0v) is 8.50. The van der Waals surface area contributed by atoms with E-state index in [1.165, 1.54) is 0 Å². The zero-order chi connectivity index (χ0) is 10.5. The average molecular weight is 204 g/mol. The van der Waals surface area contributed by atoms with Gasteiger partial charge in [0.25, 0.3) is 0 Å². The van der Waals surface area contributed by atoms with E-state index in [1.807, 2.05) is 24.4 Å². The van der Waals surface area contributed by atoms with Gasteiger partial charge in [0.2, 0.25) is 0 Å². The van der Waals surface area contributed by atoms with Crippen molar-refractivity contribution in [2.45, 2.75) is 6.54 Å². The van der Waals surface area contributed by atoms with Gasteiger partial charge in [-0.15, -0.1) is 5.10 Å². The van der Waals surface area contributed by atoms with E-state index in [2.05, 4.69) is 15.3 Å². The van der Waals surface area contributed by atoms with Gasteiger partial charge in [-0.05, 0) is 12.1 Å². The normalized spacial score (nSPS) is 10.5. The minimum absolute atomic E-state index is 0.630. The van der Waals surface area contributed by atoms with Crippen LogP contribution in [0.5, 0.6) is 0 Å². The zero-order valence-electron chi connectivity index (χ0n) is 8.50. The Balaban J connectivity index is 2.14. The molecule has 0 N–H and O–H groups in total. The summed E-state index contributed by atoms with van der Waals surface area (Å²) >= 11 is 0. The predicted octanol–water partition coefficient (Wildman–Crippen LogP) is 0.986. The fourth-order valence-electron chi connectivity index (χ4n) is 1.22. The summed E-state index contributed by atoms with van der Waals surface area (Å²) < 4.78 is 6.70. The van der Waals surface area contributed by atoms with E-state index < -0.39 is 0 Å². The molecule has 5 nitrogen and oxygen atoms in total. The van der Waals surface area contributed by atoms with Crippen LogP contribution in [-0.2, 0) is 11.3 Å². The third-order valence-corrected chi connectivity index (χ3v) is 1.99. The second kappa shape index (κ2) is 4.65. The Hall–Kier alpha value is -1.75. The van der Waals surface area contributed by atoms with E-state index in [-0.39, 0.29) is 0 Å². The van der Waals surface area contributed by atoms with Gasteiger partial charge in [0, 0.05) is 13.3 Å². The molecule has 78 valence electrons. The first-order valence-corrected chi connectivity index (χ1v) is 4.70. The Kier molecular flexibility index (Phi) is 3.04. The fourth-order valence-corrected chi connectivity index (χ4v) is 1.22. The van der Waals surface area contributed by atoms with Crippen LogP contribution >= 0.6 is 0 Å². The lowest BCUT2D eigenvalue weighted by atomic mass is 10.3. The van der Waals surface area contributed by atoms with Gasteiger partial charge in [-0.3, -0.25) is 4.98 Å². The fraction of sp³-hybridized carbons (Fsp3) is 0.300. The Morgan fingerprint density at radius 2 is 2.27 bits per heavy atom. The SMILES string of the molecule is COCCn1cc(-c2ccccn2)nn1. The highest BCUT2D eigenvalue weighted by Crippen LogP contribution is 2.11. The second-order valence-corrected chi connectivity index (χ2v) is 3.07. The van der Waals surface area contributed by atoms with Gasteiger partial charge in [-0.1, -0.05) is 11.3 Å². The average Bonchev–Trinajstić information content (AvgIpc) is 2.76.